The summed E-state index contributed by atoms with van der Waals surface area (Å²) in [4.78, 5) is 12.4. The number of anilines is 1. The minimum atomic E-state index is -0.495. The standard InChI is InChI=1S/C24H28FN5O4/c1-33-19-8-6-18(7-9-19)26-24(32)27-21-11-10-20(34-23(21)15-31)12-13-30-14-22(28-29-30)16-2-4-17(25)5-3-16/h2-9,14,20-21,23,31H,10-13,15H2,1H3,(H2,26,27,32)/t20-,21+,23+/m1/s1. The van der Waals surface area contributed by atoms with Crippen molar-refractivity contribution in [3.05, 3.63) is 60.5 Å². The SMILES string of the molecule is COc1ccc(NC(=O)N[C@H]2CC[C@H](CCn3cc(-c4ccc(F)cc4)nn3)O[C@H]2CO)cc1. The quantitative estimate of drug-likeness (QED) is 0.467. The number of methoxy groups -OCH3 is 1. The van der Waals surface area contributed by atoms with Gasteiger partial charge in [0.2, 0.25) is 0 Å². The molecule has 1 aliphatic rings. The van der Waals surface area contributed by atoms with Crippen LogP contribution in [0.5, 0.6) is 5.75 Å². The van der Waals surface area contributed by atoms with Crippen molar-refractivity contribution in [1.82, 2.24) is 20.3 Å². The van der Waals surface area contributed by atoms with E-state index in [-0.39, 0.29) is 30.6 Å². The molecule has 1 aliphatic heterocycles. The second kappa shape index (κ2) is 11.1. The number of hydrogen-bond acceptors (Lipinski definition) is 6. The third-order valence-corrected chi connectivity index (χ3v) is 5.82. The molecule has 0 radical (unpaired) electrons. The van der Waals surface area contributed by atoms with Crippen LogP contribution in [0.4, 0.5) is 14.9 Å². The topological polar surface area (TPSA) is 111 Å². The summed E-state index contributed by atoms with van der Waals surface area (Å²) in [6.07, 6.45) is 3.36. The predicted octanol–water partition coefficient (Wildman–Crippen LogP) is 3.21. The van der Waals surface area contributed by atoms with Gasteiger partial charge in [0.05, 0.1) is 32.1 Å². The molecule has 0 saturated carbocycles. The molecule has 4 rings (SSSR count). The van der Waals surface area contributed by atoms with Crippen LogP contribution in [0.2, 0.25) is 0 Å². The molecule has 3 N–H and O–H groups in total. The lowest BCUT2D eigenvalue weighted by Crippen LogP contribution is -2.52. The van der Waals surface area contributed by atoms with Crippen LogP contribution in [0.3, 0.4) is 0 Å². The summed E-state index contributed by atoms with van der Waals surface area (Å²) in [6, 6.07) is 12.5. The number of aryl methyl sites for hydroxylation is 1. The van der Waals surface area contributed by atoms with E-state index in [2.05, 4.69) is 20.9 Å². The van der Waals surface area contributed by atoms with Crippen LogP contribution in [0.15, 0.2) is 54.7 Å². The van der Waals surface area contributed by atoms with Crippen molar-refractivity contribution in [1.29, 1.82) is 0 Å². The van der Waals surface area contributed by atoms with Gasteiger partial charge in [-0.1, -0.05) is 5.21 Å². The monoisotopic (exact) mass is 469 g/mol. The molecule has 2 heterocycles. The first-order valence-corrected chi connectivity index (χ1v) is 11.2. The zero-order valence-electron chi connectivity index (χ0n) is 18.9. The van der Waals surface area contributed by atoms with Crippen molar-refractivity contribution in [3.63, 3.8) is 0 Å². The number of aromatic nitrogens is 3. The Kier molecular flexibility index (Phi) is 7.71. The Morgan fingerprint density at radius 1 is 1.21 bits per heavy atom. The molecule has 0 bridgehead atoms. The average molecular weight is 470 g/mol. The van der Waals surface area contributed by atoms with E-state index < -0.39 is 6.10 Å². The fraction of sp³-hybridized carbons (Fsp3) is 0.375. The van der Waals surface area contributed by atoms with Crippen molar-refractivity contribution in [2.24, 2.45) is 0 Å². The first kappa shape index (κ1) is 23.7. The van der Waals surface area contributed by atoms with E-state index >= 15 is 0 Å². The molecule has 34 heavy (non-hydrogen) atoms. The number of urea groups is 1. The highest BCUT2D eigenvalue weighted by atomic mass is 19.1. The molecule has 1 fully saturated rings. The van der Waals surface area contributed by atoms with Gasteiger partial charge in [0.25, 0.3) is 0 Å². The maximum Gasteiger partial charge on any atom is 0.319 e. The van der Waals surface area contributed by atoms with Crippen molar-refractivity contribution in [2.45, 2.75) is 44.1 Å². The van der Waals surface area contributed by atoms with E-state index in [4.69, 9.17) is 9.47 Å². The lowest BCUT2D eigenvalue weighted by Gasteiger charge is -2.36. The van der Waals surface area contributed by atoms with E-state index in [1.54, 1.807) is 48.2 Å². The number of hydrogen-bond donors (Lipinski definition) is 3. The Balaban J connectivity index is 1.25. The molecule has 1 saturated heterocycles. The highest BCUT2D eigenvalue weighted by Gasteiger charge is 2.31. The Morgan fingerprint density at radius 2 is 1.97 bits per heavy atom. The number of nitrogens with one attached hydrogen (secondary N) is 2. The Hall–Kier alpha value is -3.50. The molecule has 0 spiro atoms. The van der Waals surface area contributed by atoms with Crippen molar-refractivity contribution < 1.29 is 23.8 Å². The average Bonchev–Trinajstić information content (AvgIpc) is 3.33. The molecule has 9 nitrogen and oxygen atoms in total. The molecule has 0 unspecified atom stereocenters. The van der Waals surface area contributed by atoms with E-state index in [0.29, 0.717) is 36.5 Å². The number of carbonyl (C=O) groups excluding carboxylic acids is 1. The number of aliphatic hydroxyl groups is 1. The number of nitrogens with zero attached hydrogens (tertiary/aromatic N) is 3. The molecular formula is C24H28FN5O4. The van der Waals surface area contributed by atoms with Gasteiger partial charge in [0, 0.05) is 17.8 Å². The van der Waals surface area contributed by atoms with Gasteiger partial charge >= 0.3 is 6.03 Å². The fourth-order valence-corrected chi connectivity index (χ4v) is 3.96. The van der Waals surface area contributed by atoms with Crippen molar-refractivity contribution in [3.8, 4) is 17.0 Å². The lowest BCUT2D eigenvalue weighted by molar-refractivity contribution is -0.0905. The minimum Gasteiger partial charge on any atom is -0.497 e. The number of halogens is 1. The van der Waals surface area contributed by atoms with E-state index in [1.165, 1.54) is 12.1 Å². The number of aliphatic hydroxyl groups excluding tert-OH is 1. The van der Waals surface area contributed by atoms with Gasteiger partial charge in [0.1, 0.15) is 23.4 Å². The van der Waals surface area contributed by atoms with Gasteiger partial charge in [0.15, 0.2) is 0 Å². The van der Waals surface area contributed by atoms with Gasteiger partial charge < -0.3 is 25.2 Å². The van der Waals surface area contributed by atoms with Crippen molar-refractivity contribution in [2.75, 3.05) is 19.0 Å². The molecule has 3 atom stereocenters. The molecule has 0 aliphatic carbocycles. The first-order chi connectivity index (χ1) is 16.5. The summed E-state index contributed by atoms with van der Waals surface area (Å²) < 4.78 is 26.0. The van der Waals surface area contributed by atoms with Crippen LogP contribution in [-0.2, 0) is 11.3 Å². The van der Waals surface area contributed by atoms with Crippen LogP contribution in [0.25, 0.3) is 11.3 Å². The van der Waals surface area contributed by atoms with Gasteiger partial charge in [-0.3, -0.25) is 4.68 Å². The maximum atomic E-state index is 13.1. The van der Waals surface area contributed by atoms with Gasteiger partial charge in [-0.05, 0) is 67.8 Å². The van der Waals surface area contributed by atoms with Crippen LogP contribution in [-0.4, -0.2) is 58.1 Å². The van der Waals surface area contributed by atoms with Gasteiger partial charge in [-0.15, -0.1) is 5.10 Å². The van der Waals surface area contributed by atoms with E-state index in [0.717, 1.165) is 12.0 Å². The Morgan fingerprint density at radius 3 is 2.68 bits per heavy atom. The minimum absolute atomic E-state index is 0.0710. The van der Waals surface area contributed by atoms with Gasteiger partial charge in [-0.2, -0.15) is 0 Å². The van der Waals surface area contributed by atoms with Crippen LogP contribution in [0, 0.1) is 5.82 Å². The molecule has 3 aromatic rings. The second-order valence-corrected chi connectivity index (χ2v) is 8.15. The van der Waals surface area contributed by atoms with E-state index in [1.807, 2.05) is 6.20 Å². The van der Waals surface area contributed by atoms with Crippen molar-refractivity contribution >= 4 is 11.7 Å². The summed E-state index contributed by atoms with van der Waals surface area (Å²) in [7, 11) is 1.58. The highest BCUT2D eigenvalue weighted by molar-refractivity contribution is 5.89. The number of carbonyl (C=O) groups is 1. The largest absolute Gasteiger partial charge is 0.497 e. The molecule has 1 aromatic heterocycles. The summed E-state index contributed by atoms with van der Waals surface area (Å²) in [5.74, 6) is 0.408. The second-order valence-electron chi connectivity index (χ2n) is 8.15. The predicted molar refractivity (Wildman–Crippen MR) is 124 cm³/mol. The Labute approximate surface area is 196 Å². The highest BCUT2D eigenvalue weighted by Crippen LogP contribution is 2.23. The zero-order chi connectivity index (χ0) is 23.9. The molecule has 10 heteroatoms. The number of rotatable bonds is 8. The smallest absolute Gasteiger partial charge is 0.319 e. The Bertz CT molecular complexity index is 1070. The maximum absolute atomic E-state index is 13.1. The summed E-state index contributed by atoms with van der Waals surface area (Å²) >= 11 is 0. The fourth-order valence-electron chi connectivity index (χ4n) is 3.96. The van der Waals surface area contributed by atoms with Crippen LogP contribution < -0.4 is 15.4 Å². The normalized spacial score (nSPS) is 20.0. The molecular weight excluding hydrogens is 441 g/mol. The zero-order valence-corrected chi connectivity index (χ0v) is 18.9. The summed E-state index contributed by atoms with van der Waals surface area (Å²) in [6.45, 7) is 0.398. The first-order valence-electron chi connectivity index (χ1n) is 11.2. The third kappa shape index (κ3) is 6.09. The number of benzene rings is 2. The van der Waals surface area contributed by atoms with Crippen LogP contribution in [0.1, 0.15) is 19.3 Å². The summed E-state index contributed by atoms with van der Waals surface area (Å²) in [5, 5.41) is 23.8. The van der Waals surface area contributed by atoms with Crippen LogP contribution >= 0.6 is 0 Å². The lowest BCUT2D eigenvalue weighted by atomic mass is 9.97. The molecule has 2 aromatic carbocycles. The number of amides is 2. The summed E-state index contributed by atoms with van der Waals surface area (Å²) in [5.41, 5.74) is 2.11. The number of ether oxygens (including phenoxy) is 2. The third-order valence-electron chi connectivity index (χ3n) is 5.82. The van der Waals surface area contributed by atoms with Gasteiger partial charge in [-0.25, -0.2) is 9.18 Å². The molecule has 180 valence electrons. The molecule has 2 amide bonds. The van der Waals surface area contributed by atoms with E-state index in [9.17, 15) is 14.3 Å².